The SMILES string of the molecule is O=[N+]([O-])C1=CC(=C[O-])ON1. The Kier molecular flexibility index (Phi) is 1.44. The number of hydrogen-bond donors (Lipinski definition) is 1. The summed E-state index contributed by atoms with van der Waals surface area (Å²) >= 11 is 0. The van der Waals surface area contributed by atoms with Crippen molar-refractivity contribution in [3.05, 3.63) is 34.0 Å². The van der Waals surface area contributed by atoms with Crippen LogP contribution >= 0.6 is 0 Å². The fourth-order valence-corrected chi connectivity index (χ4v) is 0.453. The largest absolute Gasteiger partial charge is 0.875 e. The predicted octanol–water partition coefficient (Wildman–Crippen LogP) is -1.16. The fourth-order valence-electron chi connectivity index (χ4n) is 0.453. The van der Waals surface area contributed by atoms with E-state index in [2.05, 4.69) is 4.84 Å². The van der Waals surface area contributed by atoms with Crippen molar-refractivity contribution in [3.8, 4) is 0 Å². The highest BCUT2D eigenvalue weighted by Gasteiger charge is 2.17. The molecule has 0 amide bonds. The first kappa shape index (κ1) is 6.40. The van der Waals surface area contributed by atoms with Gasteiger partial charge in [0.2, 0.25) is 0 Å². The highest BCUT2D eigenvalue weighted by Crippen LogP contribution is 2.08. The van der Waals surface area contributed by atoms with E-state index < -0.39 is 4.92 Å². The molecule has 0 saturated heterocycles. The Morgan fingerprint density at radius 2 is 2.50 bits per heavy atom. The predicted molar refractivity (Wildman–Crippen MR) is 27.4 cm³/mol. The van der Waals surface area contributed by atoms with Gasteiger partial charge in [-0.25, -0.2) is 0 Å². The molecule has 1 aliphatic heterocycles. The molecule has 0 atom stereocenters. The van der Waals surface area contributed by atoms with Gasteiger partial charge in [0, 0.05) is 0 Å². The minimum absolute atomic E-state index is 0.0910. The van der Waals surface area contributed by atoms with Crippen LogP contribution < -0.4 is 10.6 Å². The molecule has 6 nitrogen and oxygen atoms in total. The van der Waals surface area contributed by atoms with E-state index in [0.29, 0.717) is 6.26 Å². The summed E-state index contributed by atoms with van der Waals surface area (Å²) in [5.74, 6) is -0.422. The quantitative estimate of drug-likeness (QED) is 0.284. The van der Waals surface area contributed by atoms with Crippen molar-refractivity contribution in [2.45, 2.75) is 0 Å². The van der Waals surface area contributed by atoms with Gasteiger partial charge in [-0.05, 0) is 4.92 Å². The highest BCUT2D eigenvalue weighted by atomic mass is 16.7. The molecule has 0 saturated carbocycles. The van der Waals surface area contributed by atoms with Gasteiger partial charge in [-0.15, -0.1) is 0 Å². The van der Waals surface area contributed by atoms with Crippen LogP contribution in [0.25, 0.3) is 0 Å². The minimum atomic E-state index is -0.684. The Bertz CT molecular complexity index is 219. The molecule has 0 unspecified atom stereocenters. The zero-order valence-corrected chi connectivity index (χ0v) is 4.73. The molecule has 0 fully saturated rings. The molecule has 0 aromatic heterocycles. The van der Waals surface area contributed by atoms with E-state index in [1.807, 2.05) is 5.48 Å². The molecular weight excluding hydrogens is 140 g/mol. The Balaban J connectivity index is 2.75. The third-order valence-corrected chi connectivity index (χ3v) is 0.865. The van der Waals surface area contributed by atoms with Gasteiger partial charge in [0.1, 0.15) is 0 Å². The summed E-state index contributed by atoms with van der Waals surface area (Å²) in [6.07, 6.45) is 1.39. The first-order chi connectivity index (χ1) is 4.74. The van der Waals surface area contributed by atoms with Gasteiger partial charge in [-0.2, -0.15) is 0 Å². The number of nitrogens with zero attached hydrogens (tertiary/aromatic N) is 1. The van der Waals surface area contributed by atoms with Crippen LogP contribution in [0.3, 0.4) is 0 Å². The molecule has 0 aromatic rings. The number of rotatable bonds is 1. The van der Waals surface area contributed by atoms with Crippen LogP contribution in [0.5, 0.6) is 0 Å². The molecule has 0 spiro atoms. The molecule has 0 bridgehead atoms. The molecule has 1 heterocycles. The van der Waals surface area contributed by atoms with Crippen LogP contribution in [0.2, 0.25) is 0 Å². The Morgan fingerprint density at radius 1 is 1.80 bits per heavy atom. The van der Waals surface area contributed by atoms with Gasteiger partial charge >= 0.3 is 5.82 Å². The lowest BCUT2D eigenvalue weighted by Gasteiger charge is -1.93. The normalized spacial score (nSPS) is 19.6. The fraction of sp³-hybridized carbons (Fsp3) is 0. The maximum absolute atomic E-state index is 9.93. The van der Waals surface area contributed by atoms with Gasteiger partial charge in [0.15, 0.2) is 5.76 Å². The average molecular weight is 143 g/mol. The van der Waals surface area contributed by atoms with E-state index in [4.69, 9.17) is 0 Å². The first-order valence-corrected chi connectivity index (χ1v) is 2.35. The molecule has 1 N–H and O–H groups in total. The van der Waals surface area contributed by atoms with E-state index in [1.165, 1.54) is 0 Å². The van der Waals surface area contributed by atoms with Crippen LogP contribution in [0.1, 0.15) is 0 Å². The molecule has 6 heteroatoms. The Morgan fingerprint density at radius 3 is 2.80 bits per heavy atom. The van der Waals surface area contributed by atoms with Gasteiger partial charge < -0.3 is 20.1 Å². The first-order valence-electron chi connectivity index (χ1n) is 2.35. The van der Waals surface area contributed by atoms with Crippen LogP contribution in [-0.4, -0.2) is 4.92 Å². The molecule has 54 valence electrons. The molecule has 0 aromatic carbocycles. The lowest BCUT2D eigenvalue weighted by molar-refractivity contribution is -0.436. The third kappa shape index (κ3) is 0.993. The molecule has 0 radical (unpaired) electrons. The van der Waals surface area contributed by atoms with E-state index in [0.717, 1.165) is 6.08 Å². The number of nitrogens with one attached hydrogen (secondary N) is 1. The van der Waals surface area contributed by atoms with Crippen molar-refractivity contribution >= 4 is 0 Å². The Labute approximate surface area is 55.5 Å². The summed E-state index contributed by atoms with van der Waals surface area (Å²) in [5.41, 5.74) is 1.95. The average Bonchev–Trinajstić information content (AvgIpc) is 2.34. The van der Waals surface area contributed by atoms with Crippen LogP contribution in [0, 0.1) is 10.1 Å². The second-order valence-corrected chi connectivity index (χ2v) is 1.51. The van der Waals surface area contributed by atoms with Crippen molar-refractivity contribution in [3.63, 3.8) is 0 Å². The second-order valence-electron chi connectivity index (χ2n) is 1.51. The molecular formula is C4H3N2O4-. The lowest BCUT2D eigenvalue weighted by atomic mass is 10.5. The zero-order valence-electron chi connectivity index (χ0n) is 4.73. The van der Waals surface area contributed by atoms with Gasteiger partial charge in [-0.3, -0.25) is 0 Å². The van der Waals surface area contributed by atoms with Crippen molar-refractivity contribution in [2.24, 2.45) is 0 Å². The van der Waals surface area contributed by atoms with Crippen LogP contribution in [0.4, 0.5) is 0 Å². The summed E-state index contributed by atoms with van der Waals surface area (Å²) in [4.78, 5) is 13.6. The third-order valence-electron chi connectivity index (χ3n) is 0.865. The summed E-state index contributed by atoms with van der Waals surface area (Å²) in [6, 6.07) is 0. The smallest absolute Gasteiger partial charge is 0.358 e. The lowest BCUT2D eigenvalue weighted by Crippen LogP contribution is -2.12. The summed E-state index contributed by atoms with van der Waals surface area (Å²) in [6.45, 7) is 0. The maximum atomic E-state index is 9.93. The monoisotopic (exact) mass is 143 g/mol. The van der Waals surface area contributed by atoms with Gasteiger partial charge in [-0.1, -0.05) is 11.7 Å². The second kappa shape index (κ2) is 2.26. The van der Waals surface area contributed by atoms with Crippen molar-refractivity contribution in [1.29, 1.82) is 0 Å². The Hall–Kier alpha value is -1.72. The van der Waals surface area contributed by atoms with Crippen molar-refractivity contribution < 1.29 is 14.9 Å². The van der Waals surface area contributed by atoms with Crippen molar-refractivity contribution in [1.82, 2.24) is 5.48 Å². The van der Waals surface area contributed by atoms with E-state index in [-0.39, 0.29) is 11.6 Å². The number of nitro groups is 1. The molecule has 0 aliphatic carbocycles. The minimum Gasteiger partial charge on any atom is -0.875 e. The molecule has 1 rings (SSSR count). The van der Waals surface area contributed by atoms with Gasteiger partial charge in [0.25, 0.3) is 0 Å². The van der Waals surface area contributed by atoms with Crippen LogP contribution in [0.15, 0.2) is 23.9 Å². The zero-order chi connectivity index (χ0) is 7.56. The summed E-state index contributed by atoms with van der Waals surface area (Å²) in [5, 5.41) is 19.8. The topological polar surface area (TPSA) is 87.5 Å². The molecule has 10 heavy (non-hydrogen) atoms. The number of hydroxylamine groups is 1. The standard InChI is InChI=1S/C4H4N2O4/c7-2-3-1-4(5-10-3)6(8)9/h1-2,5,7H/p-1. The maximum Gasteiger partial charge on any atom is 0.358 e. The van der Waals surface area contributed by atoms with E-state index in [9.17, 15) is 15.2 Å². The number of allylic oxidation sites excluding steroid dienone is 1. The van der Waals surface area contributed by atoms with E-state index in [1.54, 1.807) is 0 Å². The van der Waals surface area contributed by atoms with Crippen LogP contribution in [-0.2, 0) is 4.84 Å². The van der Waals surface area contributed by atoms with Gasteiger partial charge in [0.05, 0.1) is 6.08 Å². The van der Waals surface area contributed by atoms with Crippen molar-refractivity contribution in [2.75, 3.05) is 0 Å². The highest BCUT2D eigenvalue weighted by molar-refractivity contribution is 5.14. The summed E-state index contributed by atoms with van der Waals surface area (Å²) < 4.78 is 0. The summed E-state index contributed by atoms with van der Waals surface area (Å²) in [7, 11) is 0. The number of hydrogen-bond acceptors (Lipinski definition) is 5. The molecule has 1 aliphatic rings. The van der Waals surface area contributed by atoms with E-state index >= 15 is 0 Å².